The average molecular weight is 659 g/mol. The lowest BCUT2D eigenvalue weighted by Gasteiger charge is -2.44. The van der Waals surface area contributed by atoms with Crippen LogP contribution in [0.25, 0.3) is 0 Å². The lowest BCUT2D eigenvalue weighted by Crippen LogP contribution is -2.51. The first-order valence-electron chi connectivity index (χ1n) is 20.6. The molecule has 1 N–H and O–H groups in total. The molecular weight excluding hydrogens is 576 g/mol. The zero-order chi connectivity index (χ0) is 34.2. The number of hydrogen-bond donors (Lipinski definition) is 1. The van der Waals surface area contributed by atoms with Crippen molar-refractivity contribution in [3.8, 4) is 0 Å². The highest BCUT2D eigenvalue weighted by Crippen LogP contribution is 2.32. The summed E-state index contributed by atoms with van der Waals surface area (Å²) in [6, 6.07) is 2.62. The number of nitrogens with zero attached hydrogens (tertiary/aromatic N) is 5. The molecule has 6 aliphatic rings. The third-order valence-corrected chi connectivity index (χ3v) is 13.1. The Bertz CT molecular complexity index is 850. The number of likely N-dealkylation sites (tertiary alicyclic amines) is 5. The van der Waals surface area contributed by atoms with Crippen LogP contribution in [0.5, 0.6) is 0 Å². The minimum atomic E-state index is 0.368. The van der Waals surface area contributed by atoms with Crippen LogP contribution < -0.4 is 5.32 Å². The van der Waals surface area contributed by atoms with Gasteiger partial charge in [-0.15, -0.1) is 0 Å². The zero-order valence-corrected chi connectivity index (χ0v) is 33.4. The van der Waals surface area contributed by atoms with Crippen LogP contribution in [0.4, 0.5) is 0 Å². The standard InChI is InChI=1S/2C14H28N2.C13H26N2/c1-14(2,3)16-10-7-12(8-11-16)13-6-5-9-15(13)4;1-14(2,3)16-11-7-13(8-12-16)15-9-5-4-6-10-15;1-13(2,3)15-9-6-11(7-10-15)12-5-4-8-14-12/h12-13H,5-11H2,1-4H3;13H,4-12H2,1-3H3;11-12,14H,4-10H2,1-3H3. The maximum atomic E-state index is 3.66. The van der Waals surface area contributed by atoms with Gasteiger partial charge in [0.1, 0.15) is 0 Å². The molecule has 0 radical (unpaired) electrons. The van der Waals surface area contributed by atoms with Crippen LogP contribution in [0.15, 0.2) is 0 Å². The summed E-state index contributed by atoms with van der Waals surface area (Å²) >= 11 is 0. The summed E-state index contributed by atoms with van der Waals surface area (Å²) in [7, 11) is 2.31. The molecule has 0 aromatic carbocycles. The van der Waals surface area contributed by atoms with E-state index in [1.807, 2.05) is 0 Å². The molecule has 0 aromatic rings. The molecule has 0 saturated carbocycles. The fourth-order valence-electron chi connectivity index (χ4n) is 9.76. The first kappa shape index (κ1) is 39.5. The minimum absolute atomic E-state index is 0.368. The second-order valence-corrected chi connectivity index (χ2v) is 19.4. The zero-order valence-electron chi connectivity index (χ0n) is 33.4. The first-order chi connectivity index (χ1) is 22.1. The van der Waals surface area contributed by atoms with Gasteiger partial charge in [-0.2, -0.15) is 0 Å². The molecule has 6 rings (SSSR count). The van der Waals surface area contributed by atoms with E-state index in [4.69, 9.17) is 0 Å². The van der Waals surface area contributed by atoms with Crippen LogP contribution in [-0.2, 0) is 0 Å². The molecule has 0 spiro atoms. The van der Waals surface area contributed by atoms with E-state index in [-0.39, 0.29) is 0 Å². The molecule has 6 saturated heterocycles. The summed E-state index contributed by atoms with van der Waals surface area (Å²) in [6.45, 7) is 34.2. The van der Waals surface area contributed by atoms with Crippen molar-refractivity contribution < 1.29 is 0 Å². The van der Waals surface area contributed by atoms with Crippen LogP contribution in [0.1, 0.15) is 146 Å². The van der Waals surface area contributed by atoms with E-state index in [9.17, 15) is 0 Å². The number of piperidine rings is 4. The smallest absolute Gasteiger partial charge is 0.0125 e. The summed E-state index contributed by atoms with van der Waals surface area (Å²) in [5.41, 5.74) is 1.10. The van der Waals surface area contributed by atoms with E-state index in [1.165, 1.54) is 149 Å². The van der Waals surface area contributed by atoms with E-state index in [1.54, 1.807) is 0 Å². The molecule has 0 aliphatic carbocycles. The Balaban J connectivity index is 0.000000160. The van der Waals surface area contributed by atoms with Crippen molar-refractivity contribution in [1.29, 1.82) is 0 Å². The summed E-state index contributed by atoms with van der Waals surface area (Å²) in [5.74, 6) is 1.91. The minimum Gasteiger partial charge on any atom is -0.314 e. The summed E-state index contributed by atoms with van der Waals surface area (Å²) < 4.78 is 0. The molecule has 6 heterocycles. The van der Waals surface area contributed by atoms with Gasteiger partial charge in [0, 0.05) is 47.8 Å². The second kappa shape index (κ2) is 17.8. The van der Waals surface area contributed by atoms with Crippen LogP contribution in [-0.4, -0.2) is 132 Å². The quantitative estimate of drug-likeness (QED) is 0.336. The van der Waals surface area contributed by atoms with Gasteiger partial charge < -0.3 is 15.1 Å². The van der Waals surface area contributed by atoms with Crippen LogP contribution in [0.3, 0.4) is 0 Å². The number of nitrogens with one attached hydrogen (secondary N) is 1. The van der Waals surface area contributed by atoms with Gasteiger partial charge in [-0.3, -0.25) is 14.7 Å². The molecule has 2 unspecified atom stereocenters. The van der Waals surface area contributed by atoms with Crippen molar-refractivity contribution in [1.82, 2.24) is 29.8 Å². The molecule has 6 aliphatic heterocycles. The van der Waals surface area contributed by atoms with Gasteiger partial charge in [0.15, 0.2) is 0 Å². The van der Waals surface area contributed by atoms with Gasteiger partial charge in [-0.25, -0.2) is 0 Å². The third kappa shape index (κ3) is 12.2. The lowest BCUT2D eigenvalue weighted by atomic mass is 9.86. The van der Waals surface area contributed by atoms with Crippen molar-refractivity contribution in [2.75, 3.05) is 72.5 Å². The van der Waals surface area contributed by atoms with Crippen LogP contribution >= 0.6 is 0 Å². The normalized spacial score (nSPS) is 29.7. The summed E-state index contributed by atoms with van der Waals surface area (Å²) in [5, 5.41) is 3.66. The molecule has 2 atom stereocenters. The van der Waals surface area contributed by atoms with Gasteiger partial charge in [0.25, 0.3) is 0 Å². The predicted octanol–water partition coefficient (Wildman–Crippen LogP) is 7.58. The maximum Gasteiger partial charge on any atom is 0.0125 e. The van der Waals surface area contributed by atoms with Crippen molar-refractivity contribution in [3.63, 3.8) is 0 Å². The van der Waals surface area contributed by atoms with Gasteiger partial charge in [-0.1, -0.05) is 6.42 Å². The molecular formula is C41H82N6. The Hall–Kier alpha value is -0.240. The van der Waals surface area contributed by atoms with Crippen molar-refractivity contribution in [2.24, 2.45) is 11.8 Å². The topological polar surface area (TPSA) is 28.2 Å². The molecule has 47 heavy (non-hydrogen) atoms. The Kier molecular flexibility index (Phi) is 15.0. The summed E-state index contributed by atoms with van der Waals surface area (Å²) in [4.78, 5) is 13.3. The highest BCUT2D eigenvalue weighted by atomic mass is 15.2. The Labute approximate surface area is 294 Å². The molecule has 0 aromatic heterocycles. The van der Waals surface area contributed by atoms with E-state index in [0.29, 0.717) is 16.6 Å². The fourth-order valence-corrected chi connectivity index (χ4v) is 9.76. The second-order valence-electron chi connectivity index (χ2n) is 19.4. The van der Waals surface area contributed by atoms with Crippen LogP contribution in [0.2, 0.25) is 0 Å². The number of rotatable bonds is 3. The average Bonchev–Trinajstić information content (AvgIpc) is 3.74. The Morgan fingerprint density at radius 2 is 0.915 bits per heavy atom. The van der Waals surface area contributed by atoms with Gasteiger partial charge in [0.2, 0.25) is 0 Å². The highest BCUT2D eigenvalue weighted by molar-refractivity contribution is 4.91. The first-order valence-corrected chi connectivity index (χ1v) is 20.6. The lowest BCUT2D eigenvalue weighted by molar-refractivity contribution is 0.0490. The van der Waals surface area contributed by atoms with E-state index in [0.717, 1.165) is 30.0 Å². The fraction of sp³-hybridized carbons (Fsp3) is 1.00. The summed E-state index contributed by atoms with van der Waals surface area (Å²) in [6.07, 6.45) is 18.4. The van der Waals surface area contributed by atoms with Gasteiger partial charge in [0.05, 0.1) is 0 Å². The maximum absolute atomic E-state index is 3.66. The number of hydrogen-bond acceptors (Lipinski definition) is 6. The Morgan fingerprint density at radius 1 is 0.447 bits per heavy atom. The van der Waals surface area contributed by atoms with Crippen LogP contribution in [0, 0.1) is 11.8 Å². The third-order valence-electron chi connectivity index (χ3n) is 13.1. The van der Waals surface area contributed by atoms with Crippen molar-refractivity contribution >= 4 is 0 Å². The predicted molar refractivity (Wildman–Crippen MR) is 205 cm³/mol. The Morgan fingerprint density at radius 3 is 1.32 bits per heavy atom. The van der Waals surface area contributed by atoms with E-state index < -0.39 is 0 Å². The molecule has 0 amide bonds. The van der Waals surface area contributed by atoms with E-state index >= 15 is 0 Å². The highest BCUT2D eigenvalue weighted by Gasteiger charge is 2.35. The largest absolute Gasteiger partial charge is 0.314 e. The van der Waals surface area contributed by atoms with Gasteiger partial charge in [-0.05, 0) is 211 Å². The molecule has 6 heteroatoms. The molecule has 0 bridgehead atoms. The van der Waals surface area contributed by atoms with Crippen molar-refractivity contribution in [3.05, 3.63) is 0 Å². The van der Waals surface area contributed by atoms with E-state index in [2.05, 4.69) is 99.2 Å². The van der Waals surface area contributed by atoms with Gasteiger partial charge >= 0.3 is 0 Å². The molecule has 276 valence electrons. The monoisotopic (exact) mass is 659 g/mol. The molecule has 6 nitrogen and oxygen atoms in total. The SMILES string of the molecule is CC(C)(C)N1CCC(C2CCCN2)CC1.CC(C)(C)N1CCC(N2CCCCC2)CC1.CN1CCCC1C1CCN(C(C)(C)C)CC1. The molecule has 6 fully saturated rings. The van der Waals surface area contributed by atoms with Crippen molar-refractivity contribution in [2.45, 2.75) is 181 Å².